The predicted octanol–water partition coefficient (Wildman–Crippen LogP) is 1.08. The highest BCUT2D eigenvalue weighted by Gasteiger charge is 1.91. The van der Waals surface area contributed by atoms with Crippen LogP contribution in [0.25, 0.3) is 0 Å². The van der Waals surface area contributed by atoms with Gasteiger partial charge in [0.05, 0.1) is 0 Å². The van der Waals surface area contributed by atoms with Gasteiger partial charge in [-0.3, -0.25) is 9.35 Å². The van der Waals surface area contributed by atoms with Crippen LogP contribution < -0.4 is 10.9 Å². The molecule has 4 N–H and O–H groups in total. The topological polar surface area (TPSA) is 92.2 Å². The lowest BCUT2D eigenvalue weighted by Gasteiger charge is -1.96. The third-order valence-corrected chi connectivity index (χ3v) is 1.84. The number of anilines is 1. The van der Waals surface area contributed by atoms with Crippen LogP contribution in [0.1, 0.15) is 5.56 Å². The van der Waals surface area contributed by atoms with Gasteiger partial charge in [-0.05, 0) is 40.5 Å². The highest BCUT2D eigenvalue weighted by atomic mass is 79.9. The van der Waals surface area contributed by atoms with Gasteiger partial charge in [-0.2, -0.15) is 0 Å². The molecule has 1 aromatic carbocycles. The number of hydrogen-bond donors (Lipinski definition) is 2. The monoisotopic (exact) mass is 265 g/mol. The Balaban J connectivity index is 0.000000310. The Kier molecular flexibility index (Phi) is 5.89. The second kappa shape index (κ2) is 6.09. The summed E-state index contributed by atoms with van der Waals surface area (Å²) < 4.78 is 18.5. The zero-order valence-corrected chi connectivity index (χ0v) is 9.39. The second-order valence-corrected chi connectivity index (χ2v) is 3.66. The molecule has 13 heavy (non-hydrogen) atoms. The smallest absolute Gasteiger partial charge is 0.0458 e. The van der Waals surface area contributed by atoms with Crippen LogP contribution in [0.5, 0.6) is 0 Å². The van der Waals surface area contributed by atoms with Crippen LogP contribution in [0.2, 0.25) is 0 Å². The average Bonchev–Trinajstić information content (AvgIpc) is 1.96. The average molecular weight is 266 g/mol. The summed E-state index contributed by atoms with van der Waals surface area (Å²) in [5.41, 5.74) is 7.55. The summed E-state index contributed by atoms with van der Waals surface area (Å²) in [5.74, 6) is 0. The van der Waals surface area contributed by atoms with E-state index >= 15 is 0 Å². The van der Waals surface area contributed by atoms with Crippen molar-refractivity contribution in [3.8, 4) is 0 Å². The molecule has 0 heterocycles. The Labute approximate surface area is 87.9 Å². The molecule has 1 aromatic rings. The Morgan fingerprint density at radius 2 is 2.00 bits per heavy atom. The molecule has 1 rings (SSSR count). The van der Waals surface area contributed by atoms with E-state index in [1.807, 2.05) is 25.1 Å². The number of nitrogen functional groups attached to an aromatic ring is 1. The number of benzene rings is 1. The van der Waals surface area contributed by atoms with Crippen molar-refractivity contribution in [1.29, 1.82) is 0 Å². The maximum absolute atomic E-state index is 8.78. The molecule has 1 atom stereocenters. The van der Waals surface area contributed by atoms with E-state index in [-0.39, 0.29) is 0 Å². The van der Waals surface area contributed by atoms with Crippen LogP contribution in [0.15, 0.2) is 22.7 Å². The minimum Gasteiger partial charge on any atom is -0.760 e. The molecule has 0 fully saturated rings. The molecule has 0 saturated heterocycles. The molecule has 0 amide bonds. The van der Waals surface area contributed by atoms with E-state index in [1.165, 1.54) is 5.56 Å². The number of nitrogens with two attached hydrogens (primary N) is 2. The normalized spacial score (nSPS) is 11.4. The zero-order valence-electron chi connectivity index (χ0n) is 6.99. The predicted molar refractivity (Wildman–Crippen MR) is 56.4 cm³/mol. The van der Waals surface area contributed by atoms with Crippen molar-refractivity contribution >= 4 is 32.9 Å². The number of hydrogen-bond acceptors (Lipinski definition) is 3. The molecule has 0 bridgehead atoms. The summed E-state index contributed by atoms with van der Waals surface area (Å²) in [6, 6.07) is 5.87. The van der Waals surface area contributed by atoms with Crippen LogP contribution in [0, 0.1) is 6.92 Å². The van der Waals surface area contributed by atoms with Crippen molar-refractivity contribution in [3.63, 3.8) is 0 Å². The van der Waals surface area contributed by atoms with Crippen molar-refractivity contribution in [3.05, 3.63) is 28.2 Å². The van der Waals surface area contributed by atoms with E-state index < -0.39 is 11.3 Å². The molecule has 4 nitrogen and oxygen atoms in total. The van der Waals surface area contributed by atoms with E-state index in [0.717, 1.165) is 10.2 Å². The lowest BCUT2D eigenvalue weighted by Crippen LogP contribution is -1.97. The maximum Gasteiger partial charge on any atom is 0.0458 e. The number of rotatable bonds is 0. The Morgan fingerprint density at radius 3 is 2.31 bits per heavy atom. The summed E-state index contributed by atoms with van der Waals surface area (Å²) in [4.78, 5) is 0. The van der Waals surface area contributed by atoms with Gasteiger partial charge in [-0.15, -0.1) is 0 Å². The van der Waals surface area contributed by atoms with Crippen molar-refractivity contribution in [2.45, 2.75) is 6.92 Å². The molecule has 0 aliphatic carbocycles. The van der Waals surface area contributed by atoms with Crippen LogP contribution >= 0.6 is 15.9 Å². The fourth-order valence-corrected chi connectivity index (χ4v) is 1.13. The summed E-state index contributed by atoms with van der Waals surface area (Å²) in [5, 5.41) is 4.03. The minimum absolute atomic E-state index is 0.792. The first-order valence-electron chi connectivity index (χ1n) is 3.28. The van der Waals surface area contributed by atoms with Gasteiger partial charge in [0, 0.05) is 21.4 Å². The standard InChI is InChI=1S/C7H8BrN.H3NO2S/c1-5-2-3-7(9)6(8)4-5;1-4(2)3/h2-4H,9H2,1H3;1H2,(H,2,3)/p-1. The Morgan fingerprint density at radius 1 is 1.54 bits per heavy atom. The summed E-state index contributed by atoms with van der Waals surface area (Å²) in [6.07, 6.45) is 0. The van der Waals surface area contributed by atoms with Crippen molar-refractivity contribution < 1.29 is 8.76 Å². The van der Waals surface area contributed by atoms with Gasteiger partial charge in [-0.25, -0.2) is 0 Å². The van der Waals surface area contributed by atoms with Crippen LogP contribution in [-0.2, 0) is 11.3 Å². The van der Waals surface area contributed by atoms with Crippen LogP contribution in [-0.4, -0.2) is 8.76 Å². The van der Waals surface area contributed by atoms with Gasteiger partial charge >= 0.3 is 0 Å². The fourth-order valence-electron chi connectivity index (χ4n) is 0.632. The van der Waals surface area contributed by atoms with Gasteiger partial charge in [0.2, 0.25) is 0 Å². The molecule has 0 aliphatic heterocycles. The van der Waals surface area contributed by atoms with E-state index in [4.69, 9.17) is 14.5 Å². The molecule has 0 spiro atoms. The summed E-state index contributed by atoms with van der Waals surface area (Å²) >= 11 is 0.960. The molecule has 0 aromatic heterocycles. The lowest BCUT2D eigenvalue weighted by molar-refractivity contribution is 0.539. The highest BCUT2D eigenvalue weighted by Crippen LogP contribution is 2.19. The maximum atomic E-state index is 8.78. The SMILES string of the molecule is Cc1ccc(N)c(Br)c1.NS(=O)[O-]. The Hall–Kier alpha value is -0.430. The second-order valence-electron chi connectivity index (χ2n) is 2.29. The number of halogens is 1. The third kappa shape index (κ3) is 6.71. The number of aryl methyl sites for hydroxylation is 1. The first-order valence-corrected chi connectivity index (χ1v) is 5.22. The van der Waals surface area contributed by atoms with Crippen molar-refractivity contribution in [2.24, 2.45) is 5.14 Å². The molecular weight excluding hydrogens is 256 g/mol. The molecule has 0 aliphatic rings. The zero-order chi connectivity index (χ0) is 10.4. The molecule has 0 saturated carbocycles. The van der Waals surface area contributed by atoms with Gasteiger partial charge < -0.3 is 10.3 Å². The molecule has 0 radical (unpaired) electrons. The van der Waals surface area contributed by atoms with Crippen LogP contribution in [0.4, 0.5) is 5.69 Å². The van der Waals surface area contributed by atoms with Crippen molar-refractivity contribution in [1.82, 2.24) is 0 Å². The van der Waals surface area contributed by atoms with E-state index in [2.05, 4.69) is 21.1 Å². The van der Waals surface area contributed by atoms with Gasteiger partial charge in [0.15, 0.2) is 0 Å². The molecule has 1 unspecified atom stereocenters. The van der Waals surface area contributed by atoms with E-state index in [9.17, 15) is 0 Å². The van der Waals surface area contributed by atoms with Crippen molar-refractivity contribution in [2.75, 3.05) is 5.73 Å². The summed E-state index contributed by atoms with van der Waals surface area (Å²) in [6.45, 7) is 2.03. The first kappa shape index (κ1) is 12.6. The van der Waals surface area contributed by atoms with Gasteiger partial charge in [0.25, 0.3) is 0 Å². The van der Waals surface area contributed by atoms with Crippen LogP contribution in [0.3, 0.4) is 0 Å². The third-order valence-electron chi connectivity index (χ3n) is 1.16. The first-order chi connectivity index (χ1) is 5.93. The van der Waals surface area contributed by atoms with E-state index in [0.29, 0.717) is 0 Å². The van der Waals surface area contributed by atoms with E-state index in [1.54, 1.807) is 0 Å². The fraction of sp³-hybridized carbons (Fsp3) is 0.143. The quantitative estimate of drug-likeness (QED) is 0.543. The lowest BCUT2D eigenvalue weighted by atomic mass is 10.2. The van der Waals surface area contributed by atoms with Gasteiger partial charge in [0.1, 0.15) is 0 Å². The summed E-state index contributed by atoms with van der Waals surface area (Å²) in [7, 11) is 0. The molecule has 6 heteroatoms. The molecule has 74 valence electrons. The van der Waals surface area contributed by atoms with Gasteiger partial charge in [-0.1, -0.05) is 6.07 Å². The highest BCUT2D eigenvalue weighted by molar-refractivity contribution is 9.10. The largest absolute Gasteiger partial charge is 0.760 e. The molecular formula is C7H10BrN2O2S-. The Bertz CT molecular complexity index is 303. The minimum atomic E-state index is -2.36.